The van der Waals surface area contributed by atoms with Gasteiger partial charge in [0.05, 0.1) is 31.1 Å². The normalized spacial score (nSPS) is 11.3. The Balaban J connectivity index is 1.06. The first-order valence-electron chi connectivity index (χ1n) is 25.4. The minimum atomic E-state index is -0.0182. The summed E-state index contributed by atoms with van der Waals surface area (Å²) in [5, 5.41) is 9.62. The Labute approximate surface area is 419 Å². The van der Waals surface area contributed by atoms with Gasteiger partial charge in [0, 0.05) is 70.4 Å². The molecule has 71 heavy (non-hydrogen) atoms. The van der Waals surface area contributed by atoms with E-state index in [9.17, 15) is 9.59 Å². The third-order valence-electron chi connectivity index (χ3n) is 12.0. The van der Waals surface area contributed by atoms with Gasteiger partial charge in [0.1, 0.15) is 29.0 Å². The average Bonchev–Trinajstić information content (AvgIpc) is 4.10. The maximum atomic E-state index is 12.7. The molecule has 0 aliphatic carbocycles. The van der Waals surface area contributed by atoms with Crippen LogP contribution < -0.4 is 20.7 Å². The fourth-order valence-corrected chi connectivity index (χ4v) is 8.47. The Hall–Kier alpha value is -7.00. The topological polar surface area (TPSA) is 169 Å². The van der Waals surface area contributed by atoms with Crippen LogP contribution in [0.3, 0.4) is 0 Å². The van der Waals surface area contributed by atoms with Crippen molar-refractivity contribution in [3.8, 4) is 16.9 Å². The Morgan fingerprint density at radius 3 is 1.62 bits per heavy atom. The number of nitrogens with one attached hydrogen (secondary N) is 5. The SMILES string of the molecule is CCCCCC(=O)Nc1cccc(CN(Cc2cc(CN(Cc3cccc(NC(=O)CCCCC)n3)Cc3ncc[nH]3)cc(OCCCCNCc3ccc(-c4ccccc4)cc3)c2)Cc2ncc[nH]2)n1. The predicted octanol–water partition coefficient (Wildman–Crippen LogP) is 11.0. The van der Waals surface area contributed by atoms with Crippen LogP contribution in [0.5, 0.6) is 5.75 Å². The molecule has 7 rings (SSSR count). The van der Waals surface area contributed by atoms with Gasteiger partial charge in [0.25, 0.3) is 0 Å². The molecule has 3 aromatic carbocycles. The summed E-state index contributed by atoms with van der Waals surface area (Å²) in [6.45, 7) is 9.83. The van der Waals surface area contributed by atoms with E-state index in [-0.39, 0.29) is 11.8 Å². The zero-order valence-corrected chi connectivity index (χ0v) is 41.5. The second kappa shape index (κ2) is 28.6. The number of unbranched alkanes of at least 4 members (excludes halogenated alkanes) is 5. The minimum absolute atomic E-state index is 0.0182. The summed E-state index contributed by atoms with van der Waals surface area (Å²) >= 11 is 0. The first-order valence-corrected chi connectivity index (χ1v) is 25.4. The van der Waals surface area contributed by atoms with Crippen LogP contribution in [0.1, 0.15) is 118 Å². The van der Waals surface area contributed by atoms with Gasteiger partial charge in [-0.1, -0.05) is 112 Å². The van der Waals surface area contributed by atoms with Gasteiger partial charge in [-0.05, 0) is 96.4 Å². The first kappa shape index (κ1) is 51.8. The number of aromatic nitrogens is 6. The van der Waals surface area contributed by atoms with E-state index >= 15 is 0 Å². The summed E-state index contributed by atoms with van der Waals surface area (Å²) < 4.78 is 6.59. The van der Waals surface area contributed by atoms with Crippen molar-refractivity contribution in [1.82, 2.24) is 45.0 Å². The van der Waals surface area contributed by atoms with Gasteiger partial charge in [-0.3, -0.25) is 19.4 Å². The number of benzene rings is 3. The van der Waals surface area contributed by atoms with E-state index < -0.39 is 0 Å². The lowest BCUT2D eigenvalue weighted by Crippen LogP contribution is -2.25. The van der Waals surface area contributed by atoms with Crippen molar-refractivity contribution in [1.29, 1.82) is 0 Å². The van der Waals surface area contributed by atoms with Crippen LogP contribution >= 0.6 is 0 Å². The van der Waals surface area contributed by atoms with Gasteiger partial charge in [-0.2, -0.15) is 0 Å². The molecular formula is C57H71N11O3. The fraction of sp³-hybridized carbons (Fsp3) is 0.368. The average molecular weight is 958 g/mol. The number of aromatic amines is 2. The molecule has 7 aromatic rings. The number of H-pyrrole nitrogens is 2. The molecular weight excluding hydrogens is 887 g/mol. The third kappa shape index (κ3) is 18.4. The standard InChI is InChI=1S/C57H71N11O3/c1-3-5-8-22-56(69)65-52-20-14-18-49(63-52)40-67(42-54-59-29-30-60-54)38-45-34-46(36-51(35-45)71-33-13-12-28-58-37-44-24-26-48(27-25-44)47-16-10-7-11-17-47)39-68(43-55-61-31-32-62-55)41-50-19-15-21-53(64-50)66-57(70)23-9-6-4-2/h7,10-11,14-21,24-27,29-32,34-36,58H,3-6,8-9,12-13,22-23,28,33,37-43H2,1-2H3,(H,59,60)(H,61,62)(H,63,65,69)(H,64,66,70). The lowest BCUT2D eigenvalue weighted by atomic mass is 10.0. The number of hydrogen-bond acceptors (Lipinski definition) is 10. The molecule has 4 aromatic heterocycles. The quantitative estimate of drug-likeness (QED) is 0.0264. The highest BCUT2D eigenvalue weighted by molar-refractivity contribution is 5.90. The van der Waals surface area contributed by atoms with E-state index in [1.54, 1.807) is 12.4 Å². The zero-order valence-electron chi connectivity index (χ0n) is 41.5. The molecule has 14 nitrogen and oxygen atoms in total. The molecule has 0 spiro atoms. The van der Waals surface area contributed by atoms with Crippen molar-refractivity contribution in [2.75, 3.05) is 23.8 Å². The highest BCUT2D eigenvalue weighted by atomic mass is 16.5. The monoisotopic (exact) mass is 958 g/mol. The van der Waals surface area contributed by atoms with Crippen molar-refractivity contribution in [3.63, 3.8) is 0 Å². The van der Waals surface area contributed by atoms with Crippen LogP contribution in [0.2, 0.25) is 0 Å². The van der Waals surface area contributed by atoms with E-state index in [1.807, 2.05) is 54.9 Å². The number of ether oxygens (including phenoxy) is 1. The molecule has 14 heteroatoms. The van der Waals surface area contributed by atoms with Gasteiger partial charge in [-0.25, -0.2) is 19.9 Å². The summed E-state index contributed by atoms with van der Waals surface area (Å²) in [4.78, 5) is 55.5. The molecule has 372 valence electrons. The van der Waals surface area contributed by atoms with Crippen molar-refractivity contribution in [3.05, 3.63) is 174 Å². The number of imidazole rings is 2. The Kier molecular flexibility index (Phi) is 20.9. The summed E-state index contributed by atoms with van der Waals surface area (Å²) in [5.41, 5.74) is 7.53. The molecule has 0 radical (unpaired) electrons. The fourth-order valence-electron chi connectivity index (χ4n) is 8.47. The lowest BCUT2D eigenvalue weighted by Gasteiger charge is -2.24. The maximum Gasteiger partial charge on any atom is 0.225 e. The summed E-state index contributed by atoms with van der Waals surface area (Å²) in [6.07, 6.45) is 15.9. The van der Waals surface area contributed by atoms with Crippen molar-refractivity contribution in [2.45, 2.75) is 124 Å². The molecule has 0 saturated heterocycles. The molecule has 0 unspecified atom stereocenters. The van der Waals surface area contributed by atoms with Gasteiger partial charge in [0.15, 0.2) is 0 Å². The second-order valence-electron chi connectivity index (χ2n) is 18.2. The number of carbonyl (C=O) groups excluding carboxylic acids is 2. The Morgan fingerprint density at radius 1 is 0.549 bits per heavy atom. The van der Waals surface area contributed by atoms with Gasteiger partial charge in [0.2, 0.25) is 11.8 Å². The summed E-state index contributed by atoms with van der Waals surface area (Å²) in [7, 11) is 0. The van der Waals surface area contributed by atoms with Crippen LogP contribution in [-0.2, 0) is 55.4 Å². The van der Waals surface area contributed by atoms with Crippen LogP contribution in [0.4, 0.5) is 11.6 Å². The smallest absolute Gasteiger partial charge is 0.225 e. The van der Waals surface area contributed by atoms with Crippen molar-refractivity contribution < 1.29 is 14.3 Å². The van der Waals surface area contributed by atoms with Gasteiger partial charge >= 0.3 is 0 Å². The first-order chi connectivity index (χ1) is 34.9. The molecule has 5 N–H and O–H groups in total. The molecule has 2 amide bonds. The highest BCUT2D eigenvalue weighted by Crippen LogP contribution is 2.24. The van der Waals surface area contributed by atoms with E-state index in [0.717, 1.165) is 104 Å². The van der Waals surface area contributed by atoms with Crippen LogP contribution in [0, 0.1) is 0 Å². The number of amides is 2. The molecule has 0 aliphatic heterocycles. The Bertz CT molecular complexity index is 2490. The maximum absolute atomic E-state index is 12.7. The van der Waals surface area contributed by atoms with Crippen LogP contribution in [0.15, 0.2) is 134 Å². The van der Waals surface area contributed by atoms with Gasteiger partial charge < -0.3 is 30.7 Å². The molecule has 0 saturated carbocycles. The van der Waals surface area contributed by atoms with E-state index in [4.69, 9.17) is 14.7 Å². The van der Waals surface area contributed by atoms with E-state index in [0.29, 0.717) is 70.4 Å². The second-order valence-corrected chi connectivity index (χ2v) is 18.2. The summed E-state index contributed by atoms with van der Waals surface area (Å²) in [6, 6.07) is 37.3. The molecule has 0 atom stereocenters. The number of pyridine rings is 2. The molecule has 0 bridgehead atoms. The largest absolute Gasteiger partial charge is 0.494 e. The molecule has 4 heterocycles. The number of rotatable bonds is 31. The lowest BCUT2D eigenvalue weighted by molar-refractivity contribution is -0.117. The van der Waals surface area contributed by atoms with Crippen molar-refractivity contribution >= 4 is 23.5 Å². The van der Waals surface area contributed by atoms with Gasteiger partial charge in [-0.15, -0.1) is 0 Å². The number of nitrogens with zero attached hydrogens (tertiary/aromatic N) is 6. The van der Waals surface area contributed by atoms with Crippen LogP contribution in [0.25, 0.3) is 11.1 Å². The molecule has 0 aliphatic rings. The third-order valence-corrected chi connectivity index (χ3v) is 12.0. The zero-order chi connectivity index (χ0) is 49.3. The van der Waals surface area contributed by atoms with Crippen molar-refractivity contribution in [2.24, 2.45) is 0 Å². The number of anilines is 2. The number of hydrogen-bond donors (Lipinski definition) is 5. The van der Waals surface area contributed by atoms with Crippen LogP contribution in [-0.4, -0.2) is 64.7 Å². The number of carbonyl (C=O) groups is 2. The van der Waals surface area contributed by atoms with E-state index in [1.165, 1.54) is 16.7 Å². The molecule has 0 fully saturated rings. The highest BCUT2D eigenvalue weighted by Gasteiger charge is 2.17. The van der Waals surface area contributed by atoms with E-state index in [2.05, 4.69) is 126 Å². The predicted molar refractivity (Wildman–Crippen MR) is 282 cm³/mol. The summed E-state index contributed by atoms with van der Waals surface area (Å²) in [5.74, 6) is 3.55. The minimum Gasteiger partial charge on any atom is -0.494 e. The Morgan fingerprint density at radius 2 is 1.10 bits per heavy atom.